The number of rotatable bonds is 2. The fourth-order valence-corrected chi connectivity index (χ4v) is 3.20. The third-order valence-electron chi connectivity index (χ3n) is 2.82. The summed E-state index contributed by atoms with van der Waals surface area (Å²) in [5, 5.41) is 3.86. The number of anilines is 1. The highest BCUT2D eigenvalue weighted by molar-refractivity contribution is 7.16. The van der Waals surface area contributed by atoms with Crippen LogP contribution in [0.25, 0.3) is 0 Å². The van der Waals surface area contributed by atoms with Gasteiger partial charge in [0.25, 0.3) is 5.91 Å². The fraction of sp³-hybridized carbons (Fsp3) is 0.333. The van der Waals surface area contributed by atoms with Crippen molar-refractivity contribution in [2.45, 2.75) is 33.1 Å². The Balaban J connectivity index is 2.23. The van der Waals surface area contributed by atoms with Gasteiger partial charge in [0.15, 0.2) is 5.13 Å². The normalized spacial score (nSPS) is 11.4. The van der Waals surface area contributed by atoms with Crippen molar-refractivity contribution in [1.82, 2.24) is 4.98 Å². The lowest BCUT2D eigenvalue weighted by Crippen LogP contribution is -2.12. The molecule has 0 aliphatic heterocycles. The molecule has 1 aromatic carbocycles. The van der Waals surface area contributed by atoms with Crippen molar-refractivity contribution in [3.8, 4) is 0 Å². The zero-order valence-corrected chi connectivity index (χ0v) is 13.5. The van der Waals surface area contributed by atoms with Crippen LogP contribution in [0.5, 0.6) is 0 Å². The number of halogens is 1. The molecule has 106 valence electrons. The molecule has 0 spiro atoms. The topological polar surface area (TPSA) is 42.0 Å². The zero-order valence-electron chi connectivity index (χ0n) is 12.0. The van der Waals surface area contributed by atoms with Gasteiger partial charge in [-0.15, -0.1) is 11.3 Å². The molecule has 0 unspecified atom stereocenters. The van der Waals surface area contributed by atoms with Gasteiger partial charge < -0.3 is 0 Å². The molecule has 0 fully saturated rings. The highest BCUT2D eigenvalue weighted by Crippen LogP contribution is 2.33. The molecule has 1 aromatic heterocycles. The Bertz CT molecular complexity index is 644. The van der Waals surface area contributed by atoms with Crippen molar-refractivity contribution in [2.75, 3.05) is 5.32 Å². The van der Waals surface area contributed by atoms with E-state index in [1.54, 1.807) is 24.3 Å². The summed E-state index contributed by atoms with van der Waals surface area (Å²) < 4.78 is 0. The largest absolute Gasteiger partial charge is 0.298 e. The molecule has 1 heterocycles. The first-order chi connectivity index (χ1) is 9.29. The number of amides is 1. The lowest BCUT2D eigenvalue weighted by atomic mass is 9.94. The summed E-state index contributed by atoms with van der Waals surface area (Å²) in [5.41, 5.74) is 1.44. The summed E-state index contributed by atoms with van der Waals surface area (Å²) in [6.07, 6.45) is 0. The van der Waals surface area contributed by atoms with E-state index in [0.717, 1.165) is 5.69 Å². The van der Waals surface area contributed by atoms with Crippen molar-refractivity contribution in [1.29, 1.82) is 0 Å². The van der Waals surface area contributed by atoms with E-state index < -0.39 is 0 Å². The maximum atomic E-state index is 12.2. The number of carbonyl (C=O) groups is 1. The summed E-state index contributed by atoms with van der Waals surface area (Å²) in [6, 6.07) is 6.98. The average molecular weight is 309 g/mol. The SMILES string of the molecule is Cc1nc(NC(=O)c2ccccc2Cl)sc1C(C)(C)C. The van der Waals surface area contributed by atoms with E-state index >= 15 is 0 Å². The van der Waals surface area contributed by atoms with Gasteiger partial charge in [0.2, 0.25) is 0 Å². The Morgan fingerprint density at radius 1 is 1.30 bits per heavy atom. The second-order valence-electron chi connectivity index (χ2n) is 5.62. The molecule has 0 bridgehead atoms. The Morgan fingerprint density at radius 3 is 2.50 bits per heavy atom. The van der Waals surface area contributed by atoms with Gasteiger partial charge in [-0.05, 0) is 24.5 Å². The van der Waals surface area contributed by atoms with E-state index in [1.165, 1.54) is 16.2 Å². The molecule has 0 aliphatic rings. The minimum Gasteiger partial charge on any atom is -0.298 e. The van der Waals surface area contributed by atoms with Crippen LogP contribution < -0.4 is 5.32 Å². The number of hydrogen-bond donors (Lipinski definition) is 1. The third kappa shape index (κ3) is 3.19. The van der Waals surface area contributed by atoms with Crippen LogP contribution >= 0.6 is 22.9 Å². The Kier molecular flexibility index (Phi) is 4.16. The number of hydrogen-bond acceptors (Lipinski definition) is 3. The number of aromatic nitrogens is 1. The minimum absolute atomic E-state index is 0.0229. The molecule has 5 heteroatoms. The Morgan fingerprint density at radius 2 is 1.95 bits per heavy atom. The van der Waals surface area contributed by atoms with E-state index in [-0.39, 0.29) is 11.3 Å². The quantitative estimate of drug-likeness (QED) is 0.877. The number of benzene rings is 1. The molecule has 0 saturated carbocycles. The van der Waals surface area contributed by atoms with Crippen LogP contribution in [0.15, 0.2) is 24.3 Å². The predicted octanol–water partition coefficient (Wildman–Crippen LogP) is 4.65. The van der Waals surface area contributed by atoms with Gasteiger partial charge in [-0.25, -0.2) is 4.98 Å². The number of aryl methyl sites for hydroxylation is 1. The summed E-state index contributed by atoms with van der Waals surface area (Å²) in [5.74, 6) is -0.232. The monoisotopic (exact) mass is 308 g/mol. The number of nitrogens with zero attached hydrogens (tertiary/aromatic N) is 1. The van der Waals surface area contributed by atoms with Crippen molar-refractivity contribution < 1.29 is 4.79 Å². The smallest absolute Gasteiger partial charge is 0.258 e. The minimum atomic E-state index is -0.232. The van der Waals surface area contributed by atoms with E-state index in [2.05, 4.69) is 31.1 Å². The van der Waals surface area contributed by atoms with Crippen LogP contribution in [0.1, 0.15) is 41.7 Å². The molecule has 0 saturated heterocycles. The van der Waals surface area contributed by atoms with Crippen LogP contribution in [-0.2, 0) is 5.41 Å². The van der Waals surface area contributed by atoms with Crippen LogP contribution in [0, 0.1) is 6.92 Å². The van der Waals surface area contributed by atoms with Gasteiger partial charge in [-0.3, -0.25) is 10.1 Å². The van der Waals surface area contributed by atoms with E-state index in [1.807, 2.05) is 6.92 Å². The van der Waals surface area contributed by atoms with Gasteiger partial charge >= 0.3 is 0 Å². The van der Waals surface area contributed by atoms with Crippen LogP contribution in [-0.4, -0.2) is 10.9 Å². The number of thiazole rings is 1. The molecule has 1 amide bonds. The average Bonchev–Trinajstić information content (AvgIpc) is 2.70. The molecule has 20 heavy (non-hydrogen) atoms. The third-order valence-corrected chi connectivity index (χ3v) is 4.64. The predicted molar refractivity (Wildman–Crippen MR) is 85.0 cm³/mol. The number of nitrogens with one attached hydrogen (secondary N) is 1. The zero-order chi connectivity index (χ0) is 14.9. The molecular weight excluding hydrogens is 292 g/mol. The summed E-state index contributed by atoms with van der Waals surface area (Å²) in [7, 11) is 0. The first kappa shape index (κ1) is 15.0. The van der Waals surface area contributed by atoms with Gasteiger partial charge in [0.1, 0.15) is 0 Å². The maximum Gasteiger partial charge on any atom is 0.258 e. The lowest BCUT2D eigenvalue weighted by Gasteiger charge is -2.16. The Hall–Kier alpha value is -1.39. The van der Waals surface area contributed by atoms with Crippen LogP contribution in [0.2, 0.25) is 5.02 Å². The van der Waals surface area contributed by atoms with Crippen molar-refractivity contribution in [3.63, 3.8) is 0 Å². The van der Waals surface area contributed by atoms with Crippen molar-refractivity contribution in [2.24, 2.45) is 0 Å². The van der Waals surface area contributed by atoms with E-state index in [4.69, 9.17) is 11.6 Å². The standard InChI is InChI=1S/C15H17ClN2OS/c1-9-12(15(2,3)4)20-14(17-9)18-13(19)10-7-5-6-8-11(10)16/h5-8H,1-4H3,(H,17,18,19). The van der Waals surface area contributed by atoms with Gasteiger partial charge in [-0.1, -0.05) is 44.5 Å². The highest BCUT2D eigenvalue weighted by Gasteiger charge is 2.22. The van der Waals surface area contributed by atoms with Crippen LogP contribution in [0.4, 0.5) is 5.13 Å². The molecular formula is C15H17ClN2OS. The van der Waals surface area contributed by atoms with Crippen molar-refractivity contribution in [3.05, 3.63) is 45.4 Å². The molecule has 0 atom stereocenters. The summed E-state index contributed by atoms with van der Waals surface area (Å²) in [4.78, 5) is 17.8. The summed E-state index contributed by atoms with van der Waals surface area (Å²) in [6.45, 7) is 8.36. The molecule has 3 nitrogen and oxygen atoms in total. The van der Waals surface area contributed by atoms with Gasteiger partial charge in [0, 0.05) is 4.88 Å². The molecule has 1 N–H and O–H groups in total. The van der Waals surface area contributed by atoms with Gasteiger partial charge in [-0.2, -0.15) is 0 Å². The maximum absolute atomic E-state index is 12.2. The van der Waals surface area contributed by atoms with Crippen LogP contribution in [0.3, 0.4) is 0 Å². The molecule has 0 radical (unpaired) electrons. The second kappa shape index (κ2) is 5.54. The Labute approximate surface area is 128 Å². The number of carbonyl (C=O) groups excluding carboxylic acids is 1. The highest BCUT2D eigenvalue weighted by atomic mass is 35.5. The van der Waals surface area contributed by atoms with Crippen molar-refractivity contribution >= 4 is 34.0 Å². The first-order valence-corrected chi connectivity index (χ1v) is 7.52. The first-order valence-electron chi connectivity index (χ1n) is 6.33. The summed E-state index contributed by atoms with van der Waals surface area (Å²) >= 11 is 7.53. The second-order valence-corrected chi connectivity index (χ2v) is 7.02. The molecule has 2 rings (SSSR count). The van der Waals surface area contributed by atoms with Gasteiger partial charge in [0.05, 0.1) is 16.3 Å². The fourth-order valence-electron chi connectivity index (χ4n) is 1.96. The molecule has 0 aliphatic carbocycles. The van der Waals surface area contributed by atoms with E-state index in [9.17, 15) is 4.79 Å². The van der Waals surface area contributed by atoms with E-state index in [0.29, 0.717) is 15.7 Å². The lowest BCUT2D eigenvalue weighted by molar-refractivity contribution is 0.102. The molecule has 2 aromatic rings.